The zero-order chi connectivity index (χ0) is 16.2. The highest BCUT2D eigenvalue weighted by molar-refractivity contribution is 6.36. The Balaban J connectivity index is 2.94. The van der Waals surface area contributed by atoms with E-state index in [0.29, 0.717) is 13.1 Å². The molecule has 0 heterocycles. The Kier molecular flexibility index (Phi) is 6.74. The molecule has 0 spiro atoms. The van der Waals surface area contributed by atoms with Gasteiger partial charge in [-0.25, -0.2) is 4.79 Å². The van der Waals surface area contributed by atoms with Crippen molar-refractivity contribution in [2.24, 2.45) is 0 Å². The monoisotopic (exact) mass is 334 g/mol. The summed E-state index contributed by atoms with van der Waals surface area (Å²) in [5.41, 5.74) is -0.105. The van der Waals surface area contributed by atoms with Gasteiger partial charge in [0.25, 0.3) is 0 Å². The Morgan fingerprint density at radius 1 is 1.14 bits per heavy atom. The molecule has 0 aliphatic rings. The number of nitrogens with zero attached hydrogens (tertiary/aromatic N) is 2. The van der Waals surface area contributed by atoms with Crippen LogP contribution in [0.25, 0.3) is 0 Å². The van der Waals surface area contributed by atoms with Crippen molar-refractivity contribution < 1.29 is 14.6 Å². The second kappa shape index (κ2) is 7.84. The Morgan fingerprint density at radius 3 is 2.10 bits per heavy atom. The highest BCUT2D eigenvalue weighted by Crippen LogP contribution is 2.33. The summed E-state index contributed by atoms with van der Waals surface area (Å²) in [5, 5.41) is 10.1. The molecule has 0 fully saturated rings. The number of halogens is 2. The first-order chi connectivity index (χ1) is 9.72. The lowest BCUT2D eigenvalue weighted by atomic mass is 10.2. The molecule has 5 nitrogen and oxygen atoms in total. The van der Waals surface area contributed by atoms with Crippen molar-refractivity contribution in [3.05, 3.63) is 27.7 Å². The lowest BCUT2D eigenvalue weighted by molar-refractivity contribution is 0.0174. The molecule has 118 valence electrons. The maximum absolute atomic E-state index is 12.2. The molecule has 0 amide bonds. The molecular weight excluding hydrogens is 315 g/mol. The Bertz CT molecular complexity index is 497. The lowest BCUT2D eigenvalue weighted by Gasteiger charge is -2.24. The smallest absolute Gasteiger partial charge is 0.343 e. The number of carbonyl (C=O) groups excluding carboxylic acids is 1. The fourth-order valence-electron chi connectivity index (χ4n) is 1.89. The van der Waals surface area contributed by atoms with Crippen LogP contribution in [0, 0.1) is 0 Å². The number of hydrogen-bond acceptors (Lipinski definition) is 5. The molecule has 7 heteroatoms. The van der Waals surface area contributed by atoms with Crippen LogP contribution in [0.5, 0.6) is 5.75 Å². The number of phenolic OH excluding ortho intramolecular Hbond substituents is 1. The zero-order valence-corrected chi connectivity index (χ0v) is 14.1. The Labute approximate surface area is 135 Å². The third-order valence-electron chi connectivity index (χ3n) is 2.69. The maximum Gasteiger partial charge on any atom is 0.343 e. The van der Waals surface area contributed by atoms with E-state index in [4.69, 9.17) is 27.9 Å². The lowest BCUT2D eigenvalue weighted by Crippen LogP contribution is -2.38. The van der Waals surface area contributed by atoms with E-state index in [-0.39, 0.29) is 27.5 Å². The van der Waals surface area contributed by atoms with E-state index < -0.39 is 5.97 Å². The molecule has 21 heavy (non-hydrogen) atoms. The number of likely N-dealkylation sites (N-methyl/N-ethyl adjacent to an activating group) is 2. The van der Waals surface area contributed by atoms with Gasteiger partial charge in [0.1, 0.15) is 17.4 Å². The van der Waals surface area contributed by atoms with E-state index >= 15 is 0 Å². The average molecular weight is 335 g/mol. The quantitative estimate of drug-likeness (QED) is 0.809. The summed E-state index contributed by atoms with van der Waals surface area (Å²) in [6.07, 6.45) is -0.350. The van der Waals surface area contributed by atoms with Crippen molar-refractivity contribution in [1.82, 2.24) is 9.80 Å². The third kappa shape index (κ3) is 5.36. The molecule has 0 aromatic heterocycles. The Morgan fingerprint density at radius 2 is 1.62 bits per heavy atom. The van der Waals surface area contributed by atoms with Crippen molar-refractivity contribution in [2.75, 3.05) is 41.3 Å². The minimum absolute atomic E-state index is 0.0584. The first kappa shape index (κ1) is 18.0. The fourth-order valence-corrected chi connectivity index (χ4v) is 2.28. The van der Waals surface area contributed by atoms with Crippen LogP contribution >= 0.6 is 23.2 Å². The van der Waals surface area contributed by atoms with E-state index in [9.17, 15) is 9.90 Å². The van der Waals surface area contributed by atoms with E-state index in [2.05, 4.69) is 0 Å². The number of hydrogen-bond donors (Lipinski definition) is 1. The summed E-state index contributed by atoms with van der Waals surface area (Å²) in [6, 6.07) is 2.88. The van der Waals surface area contributed by atoms with Gasteiger partial charge in [0.05, 0.1) is 10.0 Å². The number of ether oxygens (including phenoxy) is 1. The van der Waals surface area contributed by atoms with Crippen LogP contribution in [0.1, 0.15) is 10.4 Å². The van der Waals surface area contributed by atoms with Gasteiger partial charge in [0.15, 0.2) is 0 Å². The molecule has 0 saturated carbocycles. The van der Waals surface area contributed by atoms with E-state index in [1.54, 1.807) is 0 Å². The van der Waals surface area contributed by atoms with Crippen molar-refractivity contribution in [2.45, 2.75) is 6.10 Å². The normalized spacial score (nSPS) is 11.5. The van der Waals surface area contributed by atoms with E-state index in [0.717, 1.165) is 0 Å². The molecule has 0 aliphatic heterocycles. The Hall–Kier alpha value is -1.01. The summed E-state index contributed by atoms with van der Waals surface area (Å²) in [7, 11) is 7.56. The number of carbonyl (C=O) groups is 1. The average Bonchev–Trinajstić information content (AvgIpc) is 2.32. The predicted octanol–water partition coefficient (Wildman–Crippen LogP) is 2.35. The van der Waals surface area contributed by atoms with Gasteiger partial charge in [-0.15, -0.1) is 0 Å². The van der Waals surface area contributed by atoms with Crippen molar-refractivity contribution in [3.63, 3.8) is 0 Å². The van der Waals surface area contributed by atoms with Gasteiger partial charge in [0, 0.05) is 13.1 Å². The summed E-state index contributed by atoms with van der Waals surface area (Å²) in [5.74, 6) is -1.05. The van der Waals surface area contributed by atoms with Gasteiger partial charge >= 0.3 is 5.97 Å². The number of aromatic hydroxyl groups is 1. The largest absolute Gasteiger partial charge is 0.505 e. The molecule has 0 unspecified atom stereocenters. The molecule has 0 saturated heterocycles. The minimum atomic E-state index is -0.686. The van der Waals surface area contributed by atoms with Gasteiger partial charge in [0.2, 0.25) is 0 Å². The molecular formula is C14H20Cl2N2O3. The number of phenols is 1. The summed E-state index contributed by atoms with van der Waals surface area (Å²) in [6.45, 7) is 1.12. The van der Waals surface area contributed by atoms with Gasteiger partial charge < -0.3 is 19.6 Å². The molecule has 0 atom stereocenters. The molecule has 1 N–H and O–H groups in total. The van der Waals surface area contributed by atoms with Crippen LogP contribution in [-0.2, 0) is 4.74 Å². The van der Waals surface area contributed by atoms with Gasteiger partial charge in [-0.1, -0.05) is 23.2 Å². The summed E-state index contributed by atoms with van der Waals surface area (Å²) >= 11 is 11.8. The zero-order valence-electron chi connectivity index (χ0n) is 12.6. The molecule has 1 rings (SSSR count). The van der Waals surface area contributed by atoms with E-state index in [1.807, 2.05) is 38.0 Å². The van der Waals surface area contributed by atoms with Crippen molar-refractivity contribution in [1.29, 1.82) is 0 Å². The topological polar surface area (TPSA) is 53.0 Å². The standard InChI is InChI=1S/C14H20Cl2N2O3/c1-17(2)7-9(8-18(3)4)21-14(20)12-10(15)5-6-11(16)13(12)19/h5-6,9,19H,7-8H2,1-4H3. The van der Waals surface area contributed by atoms with Crippen LogP contribution < -0.4 is 0 Å². The molecule has 0 aliphatic carbocycles. The van der Waals surface area contributed by atoms with Crippen LogP contribution in [0.2, 0.25) is 10.0 Å². The van der Waals surface area contributed by atoms with Crippen LogP contribution in [-0.4, -0.2) is 68.3 Å². The predicted molar refractivity (Wildman–Crippen MR) is 84.4 cm³/mol. The number of benzene rings is 1. The van der Waals surface area contributed by atoms with Crippen molar-refractivity contribution in [3.8, 4) is 5.75 Å². The SMILES string of the molecule is CN(C)CC(CN(C)C)OC(=O)c1c(Cl)ccc(Cl)c1O. The van der Waals surface area contributed by atoms with Crippen molar-refractivity contribution >= 4 is 29.2 Å². The molecule has 1 aromatic rings. The molecule has 0 bridgehead atoms. The second-order valence-electron chi connectivity index (χ2n) is 5.30. The fraction of sp³-hybridized carbons (Fsp3) is 0.500. The summed E-state index contributed by atoms with van der Waals surface area (Å²) < 4.78 is 5.45. The van der Waals surface area contributed by atoms with Gasteiger partial charge in [-0.05, 0) is 40.3 Å². The number of rotatable bonds is 6. The molecule has 1 aromatic carbocycles. The minimum Gasteiger partial charge on any atom is -0.505 e. The third-order valence-corrected chi connectivity index (χ3v) is 3.31. The molecule has 0 radical (unpaired) electrons. The van der Waals surface area contributed by atoms with E-state index in [1.165, 1.54) is 12.1 Å². The van der Waals surface area contributed by atoms with Crippen LogP contribution in [0.15, 0.2) is 12.1 Å². The van der Waals surface area contributed by atoms with Crippen LogP contribution in [0.3, 0.4) is 0 Å². The number of esters is 1. The highest BCUT2D eigenvalue weighted by Gasteiger charge is 2.23. The van der Waals surface area contributed by atoms with Gasteiger partial charge in [-0.3, -0.25) is 0 Å². The van der Waals surface area contributed by atoms with Crippen LogP contribution in [0.4, 0.5) is 0 Å². The summed E-state index contributed by atoms with van der Waals surface area (Å²) in [4.78, 5) is 16.1. The second-order valence-corrected chi connectivity index (χ2v) is 6.12. The first-order valence-corrected chi connectivity index (χ1v) is 7.15. The first-order valence-electron chi connectivity index (χ1n) is 6.39. The maximum atomic E-state index is 12.2. The highest BCUT2D eigenvalue weighted by atomic mass is 35.5. The van der Waals surface area contributed by atoms with Gasteiger partial charge in [-0.2, -0.15) is 0 Å².